The average Bonchev–Trinajstić information content (AvgIpc) is 2.91. The first-order valence-corrected chi connectivity index (χ1v) is 7.29. The fourth-order valence-corrected chi connectivity index (χ4v) is 2.25. The van der Waals surface area contributed by atoms with Crippen LogP contribution in [0.3, 0.4) is 0 Å². The molecule has 0 atom stereocenters. The van der Waals surface area contributed by atoms with Crippen molar-refractivity contribution in [3.63, 3.8) is 0 Å². The number of hydrogen-bond donors (Lipinski definition) is 2. The molecule has 19 heavy (non-hydrogen) atoms. The highest BCUT2D eigenvalue weighted by Crippen LogP contribution is 2.03. The summed E-state index contributed by atoms with van der Waals surface area (Å²) in [5.41, 5.74) is 5.47. The van der Waals surface area contributed by atoms with Gasteiger partial charge in [0.05, 0.1) is 13.2 Å². The second-order valence-corrected chi connectivity index (χ2v) is 5.00. The zero-order chi connectivity index (χ0) is 13.3. The first kappa shape index (κ1) is 14.4. The molecular formula is C13H25N5O. The predicted molar refractivity (Wildman–Crippen MR) is 74.0 cm³/mol. The predicted octanol–water partition coefficient (Wildman–Crippen LogP) is 0.351. The molecule has 1 fully saturated rings. The van der Waals surface area contributed by atoms with Gasteiger partial charge in [-0.2, -0.15) is 5.10 Å². The maximum Gasteiger partial charge on any atom is 0.151 e. The van der Waals surface area contributed by atoms with Crippen LogP contribution in [0.2, 0.25) is 0 Å². The third-order valence-corrected chi connectivity index (χ3v) is 3.45. The van der Waals surface area contributed by atoms with Crippen LogP contribution in [0.25, 0.3) is 0 Å². The van der Waals surface area contributed by atoms with E-state index in [4.69, 9.17) is 10.5 Å². The van der Waals surface area contributed by atoms with Crippen LogP contribution in [0.1, 0.15) is 30.9 Å². The van der Waals surface area contributed by atoms with E-state index in [0.29, 0.717) is 0 Å². The summed E-state index contributed by atoms with van der Waals surface area (Å²) in [5, 5.41) is 7.32. The number of nitrogens with two attached hydrogens (primary N) is 1. The van der Waals surface area contributed by atoms with Gasteiger partial charge < -0.3 is 10.5 Å². The number of rotatable bonds is 8. The third kappa shape index (κ3) is 5.26. The largest absolute Gasteiger partial charge is 0.379 e. The van der Waals surface area contributed by atoms with Gasteiger partial charge in [-0.05, 0) is 19.4 Å². The van der Waals surface area contributed by atoms with E-state index in [9.17, 15) is 0 Å². The first-order chi connectivity index (χ1) is 9.38. The Labute approximate surface area is 114 Å². The Morgan fingerprint density at radius 1 is 1.16 bits per heavy atom. The highest BCUT2D eigenvalue weighted by atomic mass is 16.5. The number of H-pyrrole nitrogens is 1. The lowest BCUT2D eigenvalue weighted by molar-refractivity contribution is 0.0382. The van der Waals surface area contributed by atoms with Crippen molar-refractivity contribution in [3.05, 3.63) is 11.6 Å². The van der Waals surface area contributed by atoms with Gasteiger partial charge in [0, 0.05) is 32.5 Å². The Kier molecular flexibility index (Phi) is 6.26. The van der Waals surface area contributed by atoms with E-state index in [1.54, 1.807) is 0 Å². The van der Waals surface area contributed by atoms with Gasteiger partial charge in [-0.25, -0.2) is 4.98 Å². The molecule has 0 aliphatic carbocycles. The highest BCUT2D eigenvalue weighted by molar-refractivity contribution is 4.91. The standard InChI is InChI=1S/C13H25N5O/c14-6-3-1-2-4-12-15-13(17-16-12)5-7-18-8-10-19-11-9-18/h1-11,14H2,(H,15,16,17). The summed E-state index contributed by atoms with van der Waals surface area (Å²) in [6.45, 7) is 5.54. The average molecular weight is 267 g/mol. The minimum absolute atomic E-state index is 0.779. The van der Waals surface area contributed by atoms with E-state index in [1.807, 2.05) is 0 Å². The van der Waals surface area contributed by atoms with E-state index in [2.05, 4.69) is 20.1 Å². The Balaban J connectivity index is 1.65. The lowest BCUT2D eigenvalue weighted by Crippen LogP contribution is -2.37. The number of aromatic nitrogens is 3. The highest BCUT2D eigenvalue weighted by Gasteiger charge is 2.11. The molecular weight excluding hydrogens is 242 g/mol. The molecule has 0 saturated carbocycles. The molecule has 0 amide bonds. The van der Waals surface area contributed by atoms with Crippen molar-refractivity contribution in [2.75, 3.05) is 39.4 Å². The van der Waals surface area contributed by atoms with Crippen LogP contribution in [-0.4, -0.2) is 59.5 Å². The zero-order valence-electron chi connectivity index (χ0n) is 11.6. The molecule has 0 bridgehead atoms. The number of unbranched alkanes of at least 4 members (excludes halogenated alkanes) is 2. The quantitative estimate of drug-likeness (QED) is 0.664. The molecule has 6 nitrogen and oxygen atoms in total. The first-order valence-electron chi connectivity index (χ1n) is 7.29. The maximum absolute atomic E-state index is 5.47. The minimum Gasteiger partial charge on any atom is -0.379 e. The molecule has 1 aliphatic rings. The molecule has 2 rings (SSSR count). The second-order valence-electron chi connectivity index (χ2n) is 5.00. The fraction of sp³-hybridized carbons (Fsp3) is 0.846. The summed E-state index contributed by atoms with van der Waals surface area (Å²) in [4.78, 5) is 6.94. The summed E-state index contributed by atoms with van der Waals surface area (Å²) in [5.74, 6) is 1.94. The smallest absolute Gasteiger partial charge is 0.151 e. The fourth-order valence-electron chi connectivity index (χ4n) is 2.25. The Bertz CT molecular complexity index is 349. The molecule has 0 unspecified atom stereocenters. The Morgan fingerprint density at radius 3 is 2.79 bits per heavy atom. The van der Waals surface area contributed by atoms with Gasteiger partial charge in [-0.15, -0.1) is 0 Å². The van der Waals surface area contributed by atoms with Gasteiger partial charge in [-0.3, -0.25) is 10.00 Å². The minimum atomic E-state index is 0.779. The van der Waals surface area contributed by atoms with Crippen molar-refractivity contribution in [2.45, 2.75) is 32.1 Å². The molecule has 1 saturated heterocycles. The van der Waals surface area contributed by atoms with Crippen molar-refractivity contribution in [1.29, 1.82) is 0 Å². The van der Waals surface area contributed by atoms with Crippen molar-refractivity contribution in [3.8, 4) is 0 Å². The Morgan fingerprint density at radius 2 is 2.00 bits per heavy atom. The van der Waals surface area contributed by atoms with Gasteiger partial charge >= 0.3 is 0 Å². The molecule has 108 valence electrons. The molecule has 1 aliphatic heterocycles. The van der Waals surface area contributed by atoms with E-state index in [1.165, 1.54) is 6.42 Å². The number of morpholine rings is 1. The number of nitrogens with zero attached hydrogens (tertiary/aromatic N) is 3. The van der Waals surface area contributed by atoms with E-state index in [0.717, 1.165) is 76.7 Å². The summed E-state index contributed by atoms with van der Waals surface area (Å²) in [7, 11) is 0. The van der Waals surface area contributed by atoms with Crippen LogP contribution in [0.15, 0.2) is 0 Å². The zero-order valence-corrected chi connectivity index (χ0v) is 11.6. The molecule has 1 aromatic rings. The summed E-state index contributed by atoms with van der Waals surface area (Å²) >= 11 is 0. The van der Waals surface area contributed by atoms with Gasteiger partial charge in [0.15, 0.2) is 5.82 Å². The van der Waals surface area contributed by atoms with Crippen molar-refractivity contribution >= 4 is 0 Å². The molecule has 3 N–H and O–H groups in total. The van der Waals surface area contributed by atoms with Gasteiger partial charge in [0.1, 0.15) is 5.82 Å². The van der Waals surface area contributed by atoms with Crippen LogP contribution < -0.4 is 5.73 Å². The van der Waals surface area contributed by atoms with Crippen LogP contribution in [0, 0.1) is 0 Å². The normalized spacial score (nSPS) is 16.9. The molecule has 6 heteroatoms. The van der Waals surface area contributed by atoms with Crippen LogP contribution >= 0.6 is 0 Å². The molecule has 2 heterocycles. The number of aromatic amines is 1. The SMILES string of the molecule is NCCCCCc1nc(CCN2CCOCC2)n[nH]1. The molecule has 0 aromatic carbocycles. The third-order valence-electron chi connectivity index (χ3n) is 3.45. The van der Waals surface area contributed by atoms with Crippen molar-refractivity contribution in [2.24, 2.45) is 5.73 Å². The maximum atomic E-state index is 5.47. The van der Waals surface area contributed by atoms with Crippen molar-refractivity contribution < 1.29 is 4.74 Å². The van der Waals surface area contributed by atoms with Crippen molar-refractivity contribution in [1.82, 2.24) is 20.1 Å². The number of hydrogen-bond acceptors (Lipinski definition) is 5. The topological polar surface area (TPSA) is 80.1 Å². The molecule has 1 aromatic heterocycles. The van der Waals surface area contributed by atoms with E-state index in [-0.39, 0.29) is 0 Å². The molecule has 0 radical (unpaired) electrons. The number of nitrogens with one attached hydrogen (secondary N) is 1. The van der Waals surface area contributed by atoms with E-state index < -0.39 is 0 Å². The van der Waals surface area contributed by atoms with Gasteiger partial charge in [-0.1, -0.05) is 6.42 Å². The van der Waals surface area contributed by atoms with Crippen LogP contribution in [0.4, 0.5) is 0 Å². The lowest BCUT2D eigenvalue weighted by atomic mass is 10.2. The number of ether oxygens (including phenoxy) is 1. The second kappa shape index (κ2) is 8.24. The summed E-state index contributed by atoms with van der Waals surface area (Å²) in [6, 6.07) is 0. The monoisotopic (exact) mass is 267 g/mol. The molecule has 0 spiro atoms. The summed E-state index contributed by atoms with van der Waals surface area (Å²) in [6.07, 6.45) is 5.29. The van der Waals surface area contributed by atoms with Gasteiger partial charge in [0.2, 0.25) is 0 Å². The van der Waals surface area contributed by atoms with E-state index >= 15 is 0 Å². The summed E-state index contributed by atoms with van der Waals surface area (Å²) < 4.78 is 5.33. The Hall–Kier alpha value is -0.980. The number of aryl methyl sites for hydroxylation is 1. The van der Waals surface area contributed by atoms with Crippen LogP contribution in [0.5, 0.6) is 0 Å². The van der Waals surface area contributed by atoms with Crippen LogP contribution in [-0.2, 0) is 17.6 Å². The lowest BCUT2D eigenvalue weighted by Gasteiger charge is -2.25. The van der Waals surface area contributed by atoms with Gasteiger partial charge in [0.25, 0.3) is 0 Å².